The van der Waals surface area contributed by atoms with Gasteiger partial charge in [-0.15, -0.1) is 0 Å². The standard InChI is InChI=1S/C14H21N3O3/c1-9-4-5-10(14(19)16-2)6-12(9)17-13(18)7-11(8-15)20-3/h4-6,11H,7-8,15H2,1-3H3,(H,16,19)(H,17,18). The van der Waals surface area contributed by atoms with Crippen molar-refractivity contribution in [3.8, 4) is 0 Å². The van der Waals surface area contributed by atoms with Crippen molar-refractivity contribution in [1.29, 1.82) is 0 Å². The molecule has 1 atom stereocenters. The van der Waals surface area contributed by atoms with Crippen LogP contribution in [-0.2, 0) is 9.53 Å². The maximum absolute atomic E-state index is 11.9. The monoisotopic (exact) mass is 279 g/mol. The van der Waals surface area contributed by atoms with Crippen LogP contribution in [0.25, 0.3) is 0 Å². The highest BCUT2D eigenvalue weighted by atomic mass is 16.5. The summed E-state index contributed by atoms with van der Waals surface area (Å²) in [6.07, 6.45) is -0.131. The molecule has 6 heteroatoms. The van der Waals surface area contributed by atoms with E-state index in [1.807, 2.05) is 6.92 Å². The largest absolute Gasteiger partial charge is 0.380 e. The van der Waals surface area contributed by atoms with Gasteiger partial charge in [-0.25, -0.2) is 0 Å². The van der Waals surface area contributed by atoms with Crippen LogP contribution in [0.2, 0.25) is 0 Å². The molecule has 20 heavy (non-hydrogen) atoms. The molecule has 0 bridgehead atoms. The number of rotatable bonds is 6. The number of hydrogen-bond acceptors (Lipinski definition) is 4. The first-order valence-electron chi connectivity index (χ1n) is 6.37. The van der Waals surface area contributed by atoms with Crippen molar-refractivity contribution in [2.24, 2.45) is 5.73 Å². The minimum absolute atomic E-state index is 0.177. The molecule has 0 aromatic heterocycles. The van der Waals surface area contributed by atoms with Crippen LogP contribution in [-0.4, -0.2) is 38.6 Å². The Balaban J connectivity index is 2.81. The molecule has 1 aromatic carbocycles. The summed E-state index contributed by atoms with van der Waals surface area (Å²) in [5.74, 6) is -0.392. The minimum Gasteiger partial charge on any atom is -0.380 e. The van der Waals surface area contributed by atoms with Gasteiger partial charge in [-0.1, -0.05) is 6.07 Å². The van der Waals surface area contributed by atoms with Crippen LogP contribution in [0.15, 0.2) is 18.2 Å². The van der Waals surface area contributed by atoms with Crippen LogP contribution in [0.4, 0.5) is 5.69 Å². The number of carbonyl (C=O) groups is 2. The number of carbonyl (C=O) groups excluding carboxylic acids is 2. The number of methoxy groups -OCH3 is 1. The highest BCUT2D eigenvalue weighted by Gasteiger charge is 2.13. The summed E-state index contributed by atoms with van der Waals surface area (Å²) in [6.45, 7) is 2.14. The Morgan fingerprint density at radius 2 is 2.10 bits per heavy atom. The maximum Gasteiger partial charge on any atom is 0.251 e. The number of ether oxygens (including phenoxy) is 1. The highest BCUT2D eigenvalue weighted by Crippen LogP contribution is 2.17. The normalized spacial score (nSPS) is 11.8. The van der Waals surface area contributed by atoms with Crippen molar-refractivity contribution in [3.63, 3.8) is 0 Å². The van der Waals surface area contributed by atoms with Crippen molar-refractivity contribution in [1.82, 2.24) is 5.32 Å². The van der Waals surface area contributed by atoms with Gasteiger partial charge in [-0.05, 0) is 24.6 Å². The fraction of sp³-hybridized carbons (Fsp3) is 0.429. The quantitative estimate of drug-likeness (QED) is 0.713. The number of hydrogen-bond donors (Lipinski definition) is 3. The Bertz CT molecular complexity index is 485. The third-order valence-electron chi connectivity index (χ3n) is 3.01. The van der Waals surface area contributed by atoms with E-state index in [4.69, 9.17) is 10.5 Å². The van der Waals surface area contributed by atoms with Gasteiger partial charge in [0, 0.05) is 32.0 Å². The van der Waals surface area contributed by atoms with Crippen molar-refractivity contribution >= 4 is 17.5 Å². The molecule has 0 fully saturated rings. The summed E-state index contributed by atoms with van der Waals surface area (Å²) < 4.78 is 5.07. The molecule has 110 valence electrons. The first-order valence-corrected chi connectivity index (χ1v) is 6.37. The number of nitrogens with one attached hydrogen (secondary N) is 2. The Kier molecular flexibility index (Phi) is 6.14. The third kappa shape index (κ3) is 4.32. The van der Waals surface area contributed by atoms with Gasteiger partial charge in [0.2, 0.25) is 5.91 Å². The van der Waals surface area contributed by atoms with E-state index in [0.717, 1.165) is 5.56 Å². The summed E-state index contributed by atoms with van der Waals surface area (Å²) in [5, 5.41) is 5.32. The van der Waals surface area contributed by atoms with Crippen molar-refractivity contribution in [2.45, 2.75) is 19.4 Å². The van der Waals surface area contributed by atoms with E-state index in [1.165, 1.54) is 7.11 Å². The van der Waals surface area contributed by atoms with Gasteiger partial charge in [0.15, 0.2) is 0 Å². The van der Waals surface area contributed by atoms with E-state index in [1.54, 1.807) is 25.2 Å². The average molecular weight is 279 g/mol. The van der Waals surface area contributed by atoms with E-state index in [0.29, 0.717) is 11.3 Å². The predicted molar refractivity (Wildman–Crippen MR) is 77.7 cm³/mol. The maximum atomic E-state index is 11.9. The number of nitrogens with two attached hydrogens (primary N) is 1. The van der Waals surface area contributed by atoms with Crippen LogP contribution in [0.5, 0.6) is 0 Å². The summed E-state index contributed by atoms with van der Waals surface area (Å²) in [4.78, 5) is 23.5. The van der Waals surface area contributed by atoms with Gasteiger partial charge in [0.05, 0.1) is 12.5 Å². The molecule has 0 radical (unpaired) electrons. The second-order valence-electron chi connectivity index (χ2n) is 4.45. The number of aryl methyl sites for hydroxylation is 1. The zero-order chi connectivity index (χ0) is 15.1. The van der Waals surface area contributed by atoms with E-state index in [9.17, 15) is 9.59 Å². The minimum atomic E-state index is -0.308. The Labute approximate surface area is 118 Å². The molecule has 0 saturated carbocycles. The van der Waals surface area contributed by atoms with Gasteiger partial charge >= 0.3 is 0 Å². The third-order valence-corrected chi connectivity index (χ3v) is 3.01. The second kappa shape index (κ2) is 7.62. The molecule has 6 nitrogen and oxygen atoms in total. The highest BCUT2D eigenvalue weighted by molar-refractivity contribution is 5.97. The smallest absolute Gasteiger partial charge is 0.251 e. The topological polar surface area (TPSA) is 93.5 Å². The summed E-state index contributed by atoms with van der Waals surface area (Å²) in [6, 6.07) is 5.15. The fourth-order valence-electron chi connectivity index (χ4n) is 1.71. The Morgan fingerprint density at radius 1 is 1.40 bits per heavy atom. The van der Waals surface area contributed by atoms with Crippen LogP contribution in [0.1, 0.15) is 22.3 Å². The van der Waals surface area contributed by atoms with Crippen molar-refractivity contribution in [2.75, 3.05) is 26.0 Å². The molecular weight excluding hydrogens is 258 g/mol. The van der Waals surface area contributed by atoms with E-state index in [-0.39, 0.29) is 30.9 Å². The molecule has 4 N–H and O–H groups in total. The predicted octanol–water partition coefficient (Wildman–Crippen LogP) is 0.657. The first-order chi connectivity index (χ1) is 9.51. The van der Waals surface area contributed by atoms with E-state index in [2.05, 4.69) is 10.6 Å². The molecule has 0 spiro atoms. The zero-order valence-electron chi connectivity index (χ0n) is 12.0. The van der Waals surface area contributed by atoms with Crippen LogP contribution in [0, 0.1) is 6.92 Å². The average Bonchev–Trinajstić information content (AvgIpc) is 2.46. The fourth-order valence-corrected chi connectivity index (χ4v) is 1.71. The molecule has 0 heterocycles. The number of anilines is 1. The van der Waals surface area contributed by atoms with Crippen molar-refractivity contribution < 1.29 is 14.3 Å². The number of benzene rings is 1. The molecule has 1 unspecified atom stereocenters. The molecule has 1 rings (SSSR count). The molecule has 0 aliphatic rings. The summed E-state index contributed by atoms with van der Waals surface area (Å²) in [5.41, 5.74) is 7.47. The van der Waals surface area contributed by atoms with Gasteiger partial charge in [0.1, 0.15) is 0 Å². The van der Waals surface area contributed by atoms with E-state index < -0.39 is 0 Å². The van der Waals surface area contributed by atoms with Gasteiger partial charge < -0.3 is 21.1 Å². The van der Waals surface area contributed by atoms with Gasteiger partial charge in [-0.2, -0.15) is 0 Å². The molecule has 0 saturated heterocycles. The lowest BCUT2D eigenvalue weighted by atomic mass is 10.1. The van der Waals surface area contributed by atoms with Gasteiger partial charge in [0.25, 0.3) is 5.91 Å². The molecule has 2 amide bonds. The van der Waals surface area contributed by atoms with Crippen LogP contribution >= 0.6 is 0 Å². The SMILES string of the molecule is CNC(=O)c1ccc(C)c(NC(=O)CC(CN)OC)c1. The lowest BCUT2D eigenvalue weighted by Gasteiger charge is -2.14. The lowest BCUT2D eigenvalue weighted by Crippen LogP contribution is -2.28. The van der Waals surface area contributed by atoms with Crippen molar-refractivity contribution in [3.05, 3.63) is 29.3 Å². The van der Waals surface area contributed by atoms with Crippen LogP contribution in [0.3, 0.4) is 0 Å². The zero-order valence-corrected chi connectivity index (χ0v) is 12.0. The molecule has 0 aliphatic heterocycles. The number of amides is 2. The Morgan fingerprint density at radius 3 is 2.65 bits per heavy atom. The molecule has 0 aliphatic carbocycles. The summed E-state index contributed by atoms with van der Waals surface area (Å²) in [7, 11) is 3.08. The molecular formula is C14H21N3O3. The van der Waals surface area contributed by atoms with Crippen LogP contribution < -0.4 is 16.4 Å². The summed E-state index contributed by atoms with van der Waals surface area (Å²) >= 11 is 0. The lowest BCUT2D eigenvalue weighted by molar-refractivity contribution is -0.118. The molecule has 1 aromatic rings. The second-order valence-corrected chi connectivity index (χ2v) is 4.45. The van der Waals surface area contributed by atoms with E-state index >= 15 is 0 Å². The van der Waals surface area contributed by atoms with Gasteiger partial charge in [-0.3, -0.25) is 9.59 Å². The Hall–Kier alpha value is -1.92. The first kappa shape index (κ1) is 16.1.